The smallest absolute Gasteiger partial charge is 0.358 e. The Hall–Kier alpha value is -2.02. The third-order valence-electron chi connectivity index (χ3n) is 2.40. The molecule has 0 atom stereocenters. The Morgan fingerprint density at radius 1 is 1.43 bits per heavy atom. The Kier molecular flexibility index (Phi) is 6.23. The molecule has 1 aromatic carbocycles. The van der Waals surface area contributed by atoms with Gasteiger partial charge in [0, 0.05) is 11.3 Å². The minimum atomic E-state index is -4.52. The van der Waals surface area contributed by atoms with Crippen LogP contribution in [0.2, 0.25) is 0 Å². The second-order valence-corrected chi connectivity index (χ2v) is 5.52. The third-order valence-corrected chi connectivity index (χ3v) is 3.41. The van der Waals surface area contributed by atoms with Crippen LogP contribution in [0.4, 0.5) is 5.69 Å². The molecule has 0 aliphatic carbocycles. The SMILES string of the molecule is CO/C=C/OCCNC(=O)c1ccc(N)c(P(=O)(O)O)c1. The third kappa shape index (κ3) is 5.47. The van der Waals surface area contributed by atoms with Crippen molar-refractivity contribution in [2.24, 2.45) is 0 Å². The average molecular weight is 316 g/mol. The van der Waals surface area contributed by atoms with Crippen molar-refractivity contribution in [1.29, 1.82) is 0 Å². The van der Waals surface area contributed by atoms with Crippen molar-refractivity contribution < 1.29 is 28.6 Å². The van der Waals surface area contributed by atoms with Gasteiger partial charge in [-0.05, 0) is 18.2 Å². The van der Waals surface area contributed by atoms with Crippen LogP contribution >= 0.6 is 7.60 Å². The molecule has 0 radical (unpaired) electrons. The Balaban J connectivity index is 2.63. The van der Waals surface area contributed by atoms with Crippen molar-refractivity contribution in [3.8, 4) is 0 Å². The first-order valence-corrected chi connectivity index (χ1v) is 7.50. The molecule has 21 heavy (non-hydrogen) atoms. The monoisotopic (exact) mass is 316 g/mol. The zero-order valence-corrected chi connectivity index (χ0v) is 12.2. The molecule has 0 bridgehead atoms. The quantitative estimate of drug-likeness (QED) is 0.240. The Morgan fingerprint density at radius 2 is 2.14 bits per heavy atom. The highest BCUT2D eigenvalue weighted by atomic mass is 31.2. The van der Waals surface area contributed by atoms with Crippen molar-refractivity contribution in [3.63, 3.8) is 0 Å². The molecule has 0 saturated heterocycles. The molecule has 0 fully saturated rings. The van der Waals surface area contributed by atoms with Crippen LogP contribution in [0.5, 0.6) is 0 Å². The average Bonchev–Trinajstić information content (AvgIpc) is 2.41. The number of amides is 1. The lowest BCUT2D eigenvalue weighted by Gasteiger charge is -2.10. The lowest BCUT2D eigenvalue weighted by Crippen LogP contribution is -2.27. The number of benzene rings is 1. The van der Waals surface area contributed by atoms with Crippen LogP contribution in [0.25, 0.3) is 0 Å². The van der Waals surface area contributed by atoms with Crippen molar-refractivity contribution in [2.75, 3.05) is 26.0 Å². The summed E-state index contributed by atoms with van der Waals surface area (Å²) in [5.41, 5.74) is 5.52. The summed E-state index contributed by atoms with van der Waals surface area (Å²) in [5, 5.41) is 2.18. The van der Waals surface area contributed by atoms with E-state index >= 15 is 0 Å². The number of hydrogen-bond donors (Lipinski definition) is 4. The van der Waals surface area contributed by atoms with Crippen LogP contribution in [-0.4, -0.2) is 36.0 Å². The number of nitrogens with one attached hydrogen (secondary N) is 1. The van der Waals surface area contributed by atoms with Gasteiger partial charge in [-0.3, -0.25) is 9.36 Å². The van der Waals surface area contributed by atoms with E-state index in [9.17, 15) is 9.36 Å². The van der Waals surface area contributed by atoms with Crippen molar-refractivity contribution in [1.82, 2.24) is 5.32 Å². The van der Waals surface area contributed by atoms with Gasteiger partial charge in [0.05, 0.1) is 19.0 Å². The lowest BCUT2D eigenvalue weighted by atomic mass is 10.2. The molecule has 8 nitrogen and oxygen atoms in total. The molecule has 0 unspecified atom stereocenters. The van der Waals surface area contributed by atoms with E-state index in [1.165, 1.54) is 31.8 Å². The summed E-state index contributed by atoms with van der Waals surface area (Å²) in [4.78, 5) is 30.1. The fourth-order valence-electron chi connectivity index (χ4n) is 1.43. The zero-order chi connectivity index (χ0) is 15.9. The molecule has 116 valence electrons. The first-order valence-electron chi connectivity index (χ1n) is 5.89. The lowest BCUT2D eigenvalue weighted by molar-refractivity contribution is 0.0942. The molecule has 0 saturated carbocycles. The van der Waals surface area contributed by atoms with E-state index in [-0.39, 0.29) is 29.7 Å². The highest BCUT2D eigenvalue weighted by Crippen LogP contribution is 2.35. The Morgan fingerprint density at radius 3 is 2.76 bits per heavy atom. The fourth-order valence-corrected chi connectivity index (χ4v) is 2.14. The number of carbonyl (C=O) groups excluding carboxylic acids is 1. The van der Waals surface area contributed by atoms with Gasteiger partial charge in [0.2, 0.25) is 0 Å². The zero-order valence-electron chi connectivity index (χ0n) is 11.4. The van der Waals surface area contributed by atoms with Gasteiger partial charge in [0.1, 0.15) is 19.1 Å². The van der Waals surface area contributed by atoms with Crippen LogP contribution in [0.1, 0.15) is 10.4 Å². The van der Waals surface area contributed by atoms with Crippen molar-refractivity contribution >= 4 is 24.5 Å². The second kappa shape index (κ2) is 7.68. The van der Waals surface area contributed by atoms with Crippen LogP contribution in [0.15, 0.2) is 30.7 Å². The van der Waals surface area contributed by atoms with E-state index in [1.54, 1.807) is 0 Å². The molecular weight excluding hydrogens is 299 g/mol. The minimum Gasteiger partial charge on any atom is -0.501 e. The Labute approximate surface area is 121 Å². The van der Waals surface area contributed by atoms with E-state index in [2.05, 4.69) is 10.1 Å². The van der Waals surface area contributed by atoms with Crippen LogP contribution in [0, 0.1) is 0 Å². The maximum atomic E-state index is 11.8. The molecule has 1 amide bonds. The summed E-state index contributed by atoms with van der Waals surface area (Å²) in [5.74, 6) is -0.482. The van der Waals surface area contributed by atoms with Gasteiger partial charge in [0.15, 0.2) is 0 Å². The molecule has 1 rings (SSSR count). The van der Waals surface area contributed by atoms with Crippen LogP contribution < -0.4 is 16.4 Å². The molecular formula is C12H17N2O6P. The first-order chi connectivity index (χ1) is 9.86. The first kappa shape index (κ1) is 17.0. The number of ether oxygens (including phenoxy) is 2. The predicted octanol–water partition coefficient (Wildman–Crippen LogP) is -0.0642. The number of anilines is 1. The predicted molar refractivity (Wildman–Crippen MR) is 77.0 cm³/mol. The maximum Gasteiger partial charge on any atom is 0.358 e. The van der Waals surface area contributed by atoms with E-state index in [4.69, 9.17) is 20.3 Å². The van der Waals surface area contributed by atoms with E-state index in [0.717, 1.165) is 6.07 Å². The molecule has 0 aromatic heterocycles. The summed E-state index contributed by atoms with van der Waals surface area (Å²) >= 11 is 0. The summed E-state index contributed by atoms with van der Waals surface area (Å²) < 4.78 is 20.8. The number of methoxy groups -OCH3 is 1. The number of rotatable bonds is 7. The summed E-state index contributed by atoms with van der Waals surface area (Å²) in [6, 6.07) is 3.74. The van der Waals surface area contributed by atoms with Gasteiger partial charge < -0.3 is 30.3 Å². The van der Waals surface area contributed by atoms with Gasteiger partial charge in [-0.15, -0.1) is 0 Å². The van der Waals surface area contributed by atoms with E-state index in [1.807, 2.05) is 0 Å². The van der Waals surface area contributed by atoms with Gasteiger partial charge in [-0.1, -0.05) is 0 Å². The molecule has 0 aliphatic rings. The largest absolute Gasteiger partial charge is 0.501 e. The van der Waals surface area contributed by atoms with Crippen molar-refractivity contribution in [2.45, 2.75) is 0 Å². The number of nitrogens with two attached hydrogens (primary N) is 1. The topological polar surface area (TPSA) is 131 Å². The Bertz CT molecular complexity index is 569. The number of nitrogen functional groups attached to an aromatic ring is 1. The summed E-state index contributed by atoms with van der Waals surface area (Å²) in [7, 11) is -3.05. The fraction of sp³-hybridized carbons (Fsp3) is 0.250. The number of hydrogen-bond acceptors (Lipinski definition) is 5. The molecule has 5 N–H and O–H groups in total. The van der Waals surface area contributed by atoms with Gasteiger partial charge in [-0.25, -0.2) is 0 Å². The minimum absolute atomic E-state index is 0.0621. The van der Waals surface area contributed by atoms with Gasteiger partial charge in [-0.2, -0.15) is 0 Å². The molecule has 9 heteroatoms. The normalized spacial score (nSPS) is 11.4. The highest BCUT2D eigenvalue weighted by molar-refractivity contribution is 7.60. The molecule has 0 heterocycles. The molecule has 0 spiro atoms. The maximum absolute atomic E-state index is 11.8. The highest BCUT2D eigenvalue weighted by Gasteiger charge is 2.22. The number of carbonyl (C=O) groups is 1. The second-order valence-electron chi connectivity index (χ2n) is 3.95. The summed E-state index contributed by atoms with van der Waals surface area (Å²) in [6.45, 7) is 0.453. The van der Waals surface area contributed by atoms with Crippen LogP contribution in [-0.2, 0) is 14.0 Å². The van der Waals surface area contributed by atoms with Crippen LogP contribution in [0.3, 0.4) is 0 Å². The standard InChI is InChI=1S/C12H17N2O6P/c1-19-6-7-20-5-4-14-12(15)9-2-3-10(13)11(8-9)21(16,17)18/h2-3,6-8H,4-5,13H2,1H3,(H,14,15)(H2,16,17,18)/b7-6+. The van der Waals surface area contributed by atoms with Gasteiger partial charge >= 0.3 is 7.60 Å². The summed E-state index contributed by atoms with van der Waals surface area (Å²) in [6.07, 6.45) is 2.68. The van der Waals surface area contributed by atoms with E-state index in [0.29, 0.717) is 0 Å². The van der Waals surface area contributed by atoms with E-state index < -0.39 is 13.5 Å². The molecule has 0 aliphatic heterocycles. The van der Waals surface area contributed by atoms with Gasteiger partial charge in [0.25, 0.3) is 5.91 Å². The van der Waals surface area contributed by atoms with Crippen molar-refractivity contribution in [3.05, 3.63) is 36.3 Å². The molecule has 1 aromatic rings.